The number of ether oxygens (including phenoxy) is 3. The van der Waals surface area contributed by atoms with Crippen LogP contribution >= 0.6 is 11.8 Å². The SMILES string of the molecule is COc1ccc(-n2nnc3c(SCC(=O)Nc4ccc(OC)c(OC)c4)ncnc32)cc1. The first-order valence-corrected chi connectivity index (χ1v) is 10.5. The normalized spacial score (nSPS) is 10.7. The van der Waals surface area contributed by atoms with Gasteiger partial charge in [-0.15, -0.1) is 5.10 Å². The predicted octanol–water partition coefficient (Wildman–Crippen LogP) is 2.97. The predicted molar refractivity (Wildman–Crippen MR) is 120 cm³/mol. The third kappa shape index (κ3) is 4.42. The highest BCUT2D eigenvalue weighted by atomic mass is 32.2. The lowest BCUT2D eigenvalue weighted by Crippen LogP contribution is -2.14. The summed E-state index contributed by atoms with van der Waals surface area (Å²) in [5.41, 5.74) is 2.46. The van der Waals surface area contributed by atoms with Gasteiger partial charge in [0.2, 0.25) is 5.91 Å². The van der Waals surface area contributed by atoms with Crippen molar-refractivity contribution in [3.8, 4) is 22.9 Å². The van der Waals surface area contributed by atoms with Gasteiger partial charge in [-0.3, -0.25) is 4.79 Å². The van der Waals surface area contributed by atoms with Gasteiger partial charge in [-0.2, -0.15) is 4.68 Å². The number of carbonyl (C=O) groups is 1. The molecule has 0 saturated heterocycles. The Morgan fingerprint density at radius 1 is 1.00 bits per heavy atom. The molecule has 2 heterocycles. The summed E-state index contributed by atoms with van der Waals surface area (Å²) in [5.74, 6) is 1.80. The Labute approximate surface area is 187 Å². The van der Waals surface area contributed by atoms with E-state index in [0.29, 0.717) is 33.4 Å². The van der Waals surface area contributed by atoms with Crippen LogP contribution in [0.25, 0.3) is 16.9 Å². The standard InChI is InChI=1S/C21H20N6O4S/c1-29-15-7-5-14(6-8-15)27-20-19(25-26-27)21(23-12-22-20)32-11-18(28)24-13-4-9-16(30-2)17(10-13)31-3/h4-10,12H,11H2,1-3H3,(H,24,28). The van der Waals surface area contributed by atoms with Gasteiger partial charge < -0.3 is 19.5 Å². The van der Waals surface area contributed by atoms with E-state index in [-0.39, 0.29) is 11.7 Å². The van der Waals surface area contributed by atoms with Crippen molar-refractivity contribution in [2.75, 3.05) is 32.4 Å². The summed E-state index contributed by atoms with van der Waals surface area (Å²) >= 11 is 1.25. The highest BCUT2D eigenvalue weighted by Crippen LogP contribution is 2.30. The molecule has 0 unspecified atom stereocenters. The summed E-state index contributed by atoms with van der Waals surface area (Å²) in [6, 6.07) is 12.6. The van der Waals surface area contributed by atoms with Gasteiger partial charge >= 0.3 is 0 Å². The zero-order valence-corrected chi connectivity index (χ0v) is 18.4. The Bertz CT molecular complexity index is 1250. The van der Waals surface area contributed by atoms with E-state index >= 15 is 0 Å². The van der Waals surface area contributed by atoms with Crippen molar-refractivity contribution >= 4 is 34.5 Å². The quantitative estimate of drug-likeness (QED) is 0.318. The molecule has 11 heteroatoms. The van der Waals surface area contributed by atoms with Gasteiger partial charge in [0.15, 0.2) is 22.7 Å². The Morgan fingerprint density at radius 2 is 1.78 bits per heavy atom. The second kappa shape index (κ2) is 9.52. The van der Waals surface area contributed by atoms with Crippen molar-refractivity contribution < 1.29 is 19.0 Å². The minimum absolute atomic E-state index is 0.135. The van der Waals surface area contributed by atoms with Crippen molar-refractivity contribution in [3.63, 3.8) is 0 Å². The molecule has 0 aliphatic heterocycles. The molecule has 2 aromatic carbocycles. The van der Waals surface area contributed by atoms with E-state index in [0.717, 1.165) is 11.4 Å². The zero-order valence-electron chi connectivity index (χ0n) is 17.6. The van der Waals surface area contributed by atoms with Crippen LogP contribution in [0.15, 0.2) is 53.8 Å². The molecular formula is C21H20N6O4S. The summed E-state index contributed by atoms with van der Waals surface area (Å²) in [7, 11) is 4.71. The molecule has 0 bridgehead atoms. The number of hydrogen-bond donors (Lipinski definition) is 1. The smallest absolute Gasteiger partial charge is 0.234 e. The van der Waals surface area contributed by atoms with Crippen LogP contribution in [0.2, 0.25) is 0 Å². The highest BCUT2D eigenvalue weighted by Gasteiger charge is 2.15. The Hall–Kier alpha value is -3.86. The number of amides is 1. The first kappa shape index (κ1) is 21.4. The van der Waals surface area contributed by atoms with Gasteiger partial charge in [0.1, 0.15) is 17.1 Å². The average molecular weight is 452 g/mol. The Kier molecular flexibility index (Phi) is 6.36. The Balaban J connectivity index is 1.47. The molecule has 164 valence electrons. The minimum atomic E-state index is -0.198. The number of carbonyl (C=O) groups excluding carboxylic acids is 1. The van der Waals surface area contributed by atoms with Crippen molar-refractivity contribution in [1.82, 2.24) is 25.0 Å². The van der Waals surface area contributed by atoms with Crippen LogP contribution in [0, 0.1) is 0 Å². The fourth-order valence-corrected chi connectivity index (χ4v) is 3.71. The first-order valence-electron chi connectivity index (χ1n) is 9.48. The van der Waals surface area contributed by atoms with E-state index in [4.69, 9.17) is 14.2 Å². The molecule has 4 aromatic rings. The molecule has 0 aliphatic carbocycles. The van der Waals surface area contributed by atoms with Gasteiger partial charge in [-0.05, 0) is 36.4 Å². The summed E-state index contributed by atoms with van der Waals surface area (Å²) in [6.07, 6.45) is 1.43. The number of fused-ring (bicyclic) bond motifs is 1. The molecule has 1 N–H and O–H groups in total. The second-order valence-electron chi connectivity index (χ2n) is 6.46. The van der Waals surface area contributed by atoms with Gasteiger partial charge in [-0.1, -0.05) is 17.0 Å². The van der Waals surface area contributed by atoms with E-state index in [1.54, 1.807) is 44.2 Å². The number of nitrogens with zero attached hydrogens (tertiary/aromatic N) is 5. The lowest BCUT2D eigenvalue weighted by molar-refractivity contribution is -0.113. The number of hydrogen-bond acceptors (Lipinski definition) is 9. The lowest BCUT2D eigenvalue weighted by Gasteiger charge is -2.10. The van der Waals surface area contributed by atoms with Crippen molar-refractivity contribution in [2.24, 2.45) is 0 Å². The number of aromatic nitrogens is 5. The molecule has 0 atom stereocenters. The molecule has 10 nitrogen and oxygen atoms in total. The van der Waals surface area contributed by atoms with Crippen molar-refractivity contribution in [3.05, 3.63) is 48.8 Å². The monoisotopic (exact) mass is 452 g/mol. The van der Waals surface area contributed by atoms with E-state index < -0.39 is 0 Å². The molecule has 1 amide bonds. The molecular weight excluding hydrogens is 432 g/mol. The van der Waals surface area contributed by atoms with Gasteiger partial charge in [0.25, 0.3) is 0 Å². The van der Waals surface area contributed by atoms with Crippen molar-refractivity contribution in [2.45, 2.75) is 5.03 Å². The van der Waals surface area contributed by atoms with Crippen LogP contribution in [0.3, 0.4) is 0 Å². The maximum Gasteiger partial charge on any atom is 0.234 e. The molecule has 2 aromatic heterocycles. The number of thioether (sulfide) groups is 1. The molecule has 32 heavy (non-hydrogen) atoms. The van der Waals surface area contributed by atoms with Crippen LogP contribution in [-0.2, 0) is 4.79 Å². The van der Waals surface area contributed by atoms with Crippen LogP contribution < -0.4 is 19.5 Å². The van der Waals surface area contributed by atoms with Crippen molar-refractivity contribution in [1.29, 1.82) is 0 Å². The van der Waals surface area contributed by atoms with E-state index in [2.05, 4.69) is 25.6 Å². The average Bonchev–Trinajstić information content (AvgIpc) is 3.27. The van der Waals surface area contributed by atoms with Crippen LogP contribution in [0.4, 0.5) is 5.69 Å². The van der Waals surface area contributed by atoms with Crippen LogP contribution in [-0.4, -0.2) is 58.0 Å². The fourth-order valence-electron chi connectivity index (χ4n) is 2.98. The lowest BCUT2D eigenvalue weighted by atomic mass is 10.2. The number of rotatable bonds is 8. The zero-order chi connectivity index (χ0) is 22.5. The largest absolute Gasteiger partial charge is 0.497 e. The molecule has 0 aliphatic rings. The van der Waals surface area contributed by atoms with E-state index in [1.807, 2.05) is 24.3 Å². The highest BCUT2D eigenvalue weighted by molar-refractivity contribution is 8.00. The number of anilines is 1. The molecule has 0 radical (unpaired) electrons. The molecule has 4 rings (SSSR count). The molecule has 0 saturated carbocycles. The van der Waals surface area contributed by atoms with Gasteiger partial charge in [0, 0.05) is 11.8 Å². The number of methoxy groups -OCH3 is 3. The van der Waals surface area contributed by atoms with Gasteiger partial charge in [-0.25, -0.2) is 9.97 Å². The topological polar surface area (TPSA) is 113 Å². The first-order chi connectivity index (χ1) is 15.6. The summed E-state index contributed by atoms with van der Waals surface area (Å²) in [6.45, 7) is 0. The third-order valence-electron chi connectivity index (χ3n) is 4.53. The van der Waals surface area contributed by atoms with Gasteiger partial charge in [0.05, 0.1) is 32.8 Å². The Morgan fingerprint density at radius 3 is 2.50 bits per heavy atom. The minimum Gasteiger partial charge on any atom is -0.497 e. The third-order valence-corrected chi connectivity index (χ3v) is 5.51. The number of nitrogens with one attached hydrogen (secondary N) is 1. The maximum atomic E-state index is 12.5. The summed E-state index contributed by atoms with van der Waals surface area (Å²) in [5, 5.41) is 11.8. The van der Waals surface area contributed by atoms with E-state index in [9.17, 15) is 4.79 Å². The molecule has 0 fully saturated rings. The maximum absolute atomic E-state index is 12.5. The molecule has 0 spiro atoms. The fraction of sp³-hybridized carbons (Fsp3) is 0.190. The summed E-state index contributed by atoms with van der Waals surface area (Å²) in [4.78, 5) is 21.0. The number of benzene rings is 2. The summed E-state index contributed by atoms with van der Waals surface area (Å²) < 4.78 is 17.3. The van der Waals surface area contributed by atoms with E-state index in [1.165, 1.54) is 18.1 Å². The second-order valence-corrected chi connectivity index (χ2v) is 7.42. The van der Waals surface area contributed by atoms with Crippen LogP contribution in [0.1, 0.15) is 0 Å². The van der Waals surface area contributed by atoms with Crippen LogP contribution in [0.5, 0.6) is 17.2 Å².